The van der Waals surface area contributed by atoms with Crippen molar-refractivity contribution in [2.24, 2.45) is 0 Å². The Morgan fingerprint density at radius 1 is 1.15 bits per heavy atom. The van der Waals surface area contributed by atoms with Gasteiger partial charge < -0.3 is 10.4 Å². The zero-order chi connectivity index (χ0) is 14.6. The van der Waals surface area contributed by atoms with Gasteiger partial charge in [0.05, 0.1) is 0 Å². The number of amides is 3. The molecule has 1 heterocycles. The first-order chi connectivity index (χ1) is 9.59. The fraction of sp³-hybridized carbons (Fsp3) is 0.467. The van der Waals surface area contributed by atoms with Gasteiger partial charge in [-0.2, -0.15) is 0 Å². The van der Waals surface area contributed by atoms with Gasteiger partial charge in [0.15, 0.2) is 0 Å². The van der Waals surface area contributed by atoms with E-state index < -0.39 is 5.54 Å². The van der Waals surface area contributed by atoms with E-state index in [0.717, 1.165) is 12.0 Å². The monoisotopic (exact) mass is 276 g/mol. The SMILES string of the molecule is CC1(c2ccccc2)NC(=O)N(CCCCCO)C1=O. The quantitative estimate of drug-likeness (QED) is 0.612. The van der Waals surface area contributed by atoms with Crippen LogP contribution in [0.5, 0.6) is 0 Å². The molecule has 108 valence electrons. The third-order valence-corrected chi connectivity index (χ3v) is 3.67. The van der Waals surface area contributed by atoms with E-state index in [2.05, 4.69) is 5.32 Å². The molecular formula is C15H20N2O3. The Morgan fingerprint density at radius 3 is 2.50 bits per heavy atom. The summed E-state index contributed by atoms with van der Waals surface area (Å²) in [4.78, 5) is 25.7. The van der Waals surface area contributed by atoms with E-state index in [1.807, 2.05) is 30.3 Å². The van der Waals surface area contributed by atoms with Gasteiger partial charge in [0.2, 0.25) is 0 Å². The average molecular weight is 276 g/mol. The summed E-state index contributed by atoms with van der Waals surface area (Å²) in [5.74, 6) is -0.210. The lowest BCUT2D eigenvalue weighted by Crippen LogP contribution is -2.40. The van der Waals surface area contributed by atoms with Gasteiger partial charge >= 0.3 is 6.03 Å². The molecule has 20 heavy (non-hydrogen) atoms. The number of urea groups is 1. The Hall–Kier alpha value is -1.88. The van der Waals surface area contributed by atoms with Crippen LogP contribution in [0.15, 0.2) is 30.3 Å². The lowest BCUT2D eigenvalue weighted by molar-refractivity contribution is -0.131. The molecule has 0 saturated carbocycles. The van der Waals surface area contributed by atoms with Crippen LogP contribution >= 0.6 is 0 Å². The summed E-state index contributed by atoms with van der Waals surface area (Å²) in [6.07, 6.45) is 2.21. The van der Waals surface area contributed by atoms with Crippen LogP contribution in [-0.4, -0.2) is 35.1 Å². The van der Waals surface area contributed by atoms with Gasteiger partial charge in [-0.3, -0.25) is 9.69 Å². The molecule has 0 bridgehead atoms. The highest BCUT2D eigenvalue weighted by atomic mass is 16.3. The Kier molecular flexibility index (Phi) is 4.39. The standard InChI is InChI=1S/C15H20N2O3/c1-15(12-8-4-2-5-9-12)13(19)17(14(20)16-15)10-6-3-7-11-18/h2,4-5,8-9,18H,3,6-7,10-11H2,1H3,(H,16,20). The van der Waals surface area contributed by atoms with Crippen LogP contribution < -0.4 is 5.32 Å². The molecule has 3 amide bonds. The normalized spacial score (nSPS) is 22.2. The number of nitrogens with one attached hydrogen (secondary N) is 1. The summed E-state index contributed by atoms with van der Waals surface area (Å²) < 4.78 is 0. The summed E-state index contributed by atoms with van der Waals surface area (Å²) in [6, 6.07) is 8.92. The second-order valence-corrected chi connectivity index (χ2v) is 5.16. The van der Waals surface area contributed by atoms with Crippen LogP contribution in [0.1, 0.15) is 31.7 Å². The molecule has 0 radical (unpaired) electrons. The molecule has 1 aliphatic heterocycles. The predicted molar refractivity (Wildman–Crippen MR) is 75.0 cm³/mol. The molecule has 2 N–H and O–H groups in total. The highest BCUT2D eigenvalue weighted by Gasteiger charge is 2.48. The van der Waals surface area contributed by atoms with Crippen molar-refractivity contribution in [3.05, 3.63) is 35.9 Å². The van der Waals surface area contributed by atoms with E-state index in [4.69, 9.17) is 5.11 Å². The molecule has 1 saturated heterocycles. The maximum atomic E-state index is 12.5. The number of hydrogen-bond acceptors (Lipinski definition) is 3. The topological polar surface area (TPSA) is 69.6 Å². The first-order valence-electron chi connectivity index (χ1n) is 6.90. The van der Waals surface area contributed by atoms with E-state index in [0.29, 0.717) is 19.4 Å². The number of unbranched alkanes of at least 4 members (excludes halogenated alkanes) is 2. The first kappa shape index (κ1) is 14.5. The van der Waals surface area contributed by atoms with Crippen molar-refractivity contribution in [3.8, 4) is 0 Å². The van der Waals surface area contributed by atoms with Crippen LogP contribution in [0.25, 0.3) is 0 Å². The lowest BCUT2D eigenvalue weighted by atomic mass is 9.92. The number of rotatable bonds is 6. The molecule has 2 rings (SSSR count). The van der Waals surface area contributed by atoms with Crippen molar-refractivity contribution in [2.75, 3.05) is 13.2 Å². The molecular weight excluding hydrogens is 256 g/mol. The molecule has 0 aromatic heterocycles. The number of hydrogen-bond donors (Lipinski definition) is 2. The van der Waals surface area contributed by atoms with Gasteiger partial charge in [0.1, 0.15) is 5.54 Å². The molecule has 1 fully saturated rings. The maximum absolute atomic E-state index is 12.5. The van der Waals surface area contributed by atoms with E-state index >= 15 is 0 Å². The molecule has 1 unspecified atom stereocenters. The number of imide groups is 1. The van der Waals surface area contributed by atoms with Gasteiger partial charge in [-0.25, -0.2) is 4.79 Å². The predicted octanol–water partition coefficient (Wildman–Crippen LogP) is 1.62. The number of carbonyl (C=O) groups is 2. The summed E-state index contributed by atoms with van der Waals surface area (Å²) in [5, 5.41) is 11.5. The Balaban J connectivity index is 2.08. The van der Waals surface area contributed by atoms with Crippen LogP contribution in [0, 0.1) is 0 Å². The average Bonchev–Trinajstić information content (AvgIpc) is 2.68. The van der Waals surface area contributed by atoms with Gasteiger partial charge in [0.25, 0.3) is 5.91 Å². The molecule has 0 aliphatic carbocycles. The minimum atomic E-state index is -0.977. The number of carbonyl (C=O) groups excluding carboxylic acids is 2. The number of nitrogens with zero attached hydrogens (tertiary/aromatic N) is 1. The minimum Gasteiger partial charge on any atom is -0.396 e. The van der Waals surface area contributed by atoms with Crippen molar-refractivity contribution in [1.29, 1.82) is 0 Å². The summed E-state index contributed by atoms with van der Waals surface area (Å²) in [7, 11) is 0. The third-order valence-electron chi connectivity index (χ3n) is 3.67. The molecule has 1 aliphatic rings. The number of aliphatic hydroxyl groups excluding tert-OH is 1. The smallest absolute Gasteiger partial charge is 0.325 e. The molecule has 1 atom stereocenters. The molecule has 5 nitrogen and oxygen atoms in total. The van der Waals surface area contributed by atoms with Gasteiger partial charge in [-0.05, 0) is 31.7 Å². The van der Waals surface area contributed by atoms with Crippen LogP contribution in [0.4, 0.5) is 4.79 Å². The fourth-order valence-corrected chi connectivity index (χ4v) is 2.43. The highest BCUT2D eigenvalue weighted by molar-refractivity contribution is 6.07. The van der Waals surface area contributed by atoms with E-state index in [1.165, 1.54) is 4.90 Å². The summed E-state index contributed by atoms with van der Waals surface area (Å²) in [5.41, 5.74) is -0.189. The highest BCUT2D eigenvalue weighted by Crippen LogP contribution is 2.28. The minimum absolute atomic E-state index is 0.141. The summed E-state index contributed by atoms with van der Waals surface area (Å²) >= 11 is 0. The molecule has 5 heteroatoms. The lowest BCUT2D eigenvalue weighted by Gasteiger charge is -2.22. The van der Waals surface area contributed by atoms with E-state index in [-0.39, 0.29) is 18.5 Å². The van der Waals surface area contributed by atoms with Crippen molar-refractivity contribution < 1.29 is 14.7 Å². The van der Waals surface area contributed by atoms with E-state index in [9.17, 15) is 9.59 Å². The summed E-state index contributed by atoms with van der Waals surface area (Å²) in [6.45, 7) is 2.27. The van der Waals surface area contributed by atoms with Gasteiger partial charge in [-0.15, -0.1) is 0 Å². The Bertz CT molecular complexity index is 489. The maximum Gasteiger partial charge on any atom is 0.325 e. The fourth-order valence-electron chi connectivity index (χ4n) is 2.43. The van der Waals surface area contributed by atoms with Crippen LogP contribution in [0.2, 0.25) is 0 Å². The number of aliphatic hydroxyl groups is 1. The third kappa shape index (κ3) is 2.67. The van der Waals surface area contributed by atoms with Crippen LogP contribution in [-0.2, 0) is 10.3 Å². The Labute approximate surface area is 118 Å². The van der Waals surface area contributed by atoms with Gasteiger partial charge in [0, 0.05) is 13.2 Å². The van der Waals surface area contributed by atoms with Crippen molar-refractivity contribution in [3.63, 3.8) is 0 Å². The first-order valence-corrected chi connectivity index (χ1v) is 6.90. The zero-order valence-electron chi connectivity index (χ0n) is 11.6. The van der Waals surface area contributed by atoms with Crippen LogP contribution in [0.3, 0.4) is 0 Å². The van der Waals surface area contributed by atoms with Crippen molar-refractivity contribution in [1.82, 2.24) is 10.2 Å². The van der Waals surface area contributed by atoms with Crippen molar-refractivity contribution >= 4 is 11.9 Å². The number of benzene rings is 1. The second-order valence-electron chi connectivity index (χ2n) is 5.16. The zero-order valence-corrected chi connectivity index (χ0v) is 11.6. The molecule has 0 spiro atoms. The molecule has 1 aromatic rings. The van der Waals surface area contributed by atoms with Crippen molar-refractivity contribution in [2.45, 2.75) is 31.7 Å². The Morgan fingerprint density at radius 2 is 1.85 bits per heavy atom. The molecule has 1 aromatic carbocycles. The largest absolute Gasteiger partial charge is 0.396 e. The second kappa shape index (κ2) is 6.05. The van der Waals surface area contributed by atoms with Gasteiger partial charge in [-0.1, -0.05) is 30.3 Å². The van der Waals surface area contributed by atoms with E-state index in [1.54, 1.807) is 6.92 Å².